The van der Waals surface area contributed by atoms with Crippen LogP contribution in [-0.2, 0) is 11.2 Å². The van der Waals surface area contributed by atoms with Crippen molar-refractivity contribution in [3.63, 3.8) is 0 Å². The standard InChI is InChI=1S/C8H8BrClO2/c1-5(11)7-2-6(4-10)8(3-9)12-7/h2H,3-4H2,1H3. The summed E-state index contributed by atoms with van der Waals surface area (Å²) in [6, 6.07) is 1.69. The lowest BCUT2D eigenvalue weighted by Crippen LogP contribution is -1.86. The van der Waals surface area contributed by atoms with Gasteiger partial charge in [-0.05, 0) is 6.07 Å². The molecule has 0 aliphatic heterocycles. The molecule has 1 aromatic rings. The molecule has 0 radical (unpaired) electrons. The van der Waals surface area contributed by atoms with Crippen LogP contribution in [0, 0.1) is 0 Å². The summed E-state index contributed by atoms with van der Waals surface area (Å²) in [5, 5.41) is 0.586. The molecule has 0 aliphatic rings. The Morgan fingerprint density at radius 2 is 2.42 bits per heavy atom. The zero-order valence-electron chi connectivity index (χ0n) is 6.56. The second-order valence-corrected chi connectivity index (χ2v) is 3.21. The summed E-state index contributed by atoms with van der Waals surface area (Å²) >= 11 is 8.88. The predicted octanol–water partition coefficient (Wildman–Crippen LogP) is 3.12. The Bertz CT molecular complexity index is 272. The predicted molar refractivity (Wildman–Crippen MR) is 50.9 cm³/mol. The second kappa shape index (κ2) is 4.10. The smallest absolute Gasteiger partial charge is 0.194 e. The SMILES string of the molecule is CC(=O)c1cc(CCl)c(CBr)o1. The summed E-state index contributed by atoms with van der Waals surface area (Å²) in [6.45, 7) is 1.47. The number of rotatable bonds is 3. The van der Waals surface area contributed by atoms with Crippen LogP contribution in [0.15, 0.2) is 10.5 Å². The van der Waals surface area contributed by atoms with Crippen molar-refractivity contribution < 1.29 is 9.21 Å². The number of ketones is 1. The first-order chi connectivity index (χ1) is 5.69. The van der Waals surface area contributed by atoms with E-state index in [-0.39, 0.29) is 5.78 Å². The van der Waals surface area contributed by atoms with Gasteiger partial charge in [-0.3, -0.25) is 4.79 Å². The molecule has 12 heavy (non-hydrogen) atoms. The Morgan fingerprint density at radius 1 is 1.75 bits per heavy atom. The molecule has 1 heterocycles. The molecular formula is C8H8BrClO2. The molecule has 0 N–H and O–H groups in total. The average Bonchev–Trinajstić information content (AvgIpc) is 2.46. The average molecular weight is 252 g/mol. The third-order valence-electron chi connectivity index (χ3n) is 1.51. The molecule has 0 amide bonds. The second-order valence-electron chi connectivity index (χ2n) is 2.38. The van der Waals surface area contributed by atoms with E-state index in [4.69, 9.17) is 16.0 Å². The number of carbonyl (C=O) groups is 1. The van der Waals surface area contributed by atoms with Gasteiger partial charge in [-0.25, -0.2) is 0 Å². The third-order valence-corrected chi connectivity index (χ3v) is 2.31. The van der Waals surface area contributed by atoms with Gasteiger partial charge < -0.3 is 4.42 Å². The van der Waals surface area contributed by atoms with Gasteiger partial charge in [0.15, 0.2) is 11.5 Å². The molecule has 4 heteroatoms. The molecule has 1 aromatic heterocycles. The number of hydrogen-bond acceptors (Lipinski definition) is 2. The Labute approximate surface area is 84.0 Å². The van der Waals surface area contributed by atoms with Gasteiger partial charge in [-0.2, -0.15) is 0 Å². The summed E-state index contributed by atoms with van der Waals surface area (Å²) < 4.78 is 5.24. The minimum Gasteiger partial charge on any atom is -0.457 e. The van der Waals surface area contributed by atoms with Crippen molar-refractivity contribution in [3.8, 4) is 0 Å². The van der Waals surface area contributed by atoms with Crippen molar-refractivity contribution in [2.45, 2.75) is 18.1 Å². The molecule has 0 spiro atoms. The van der Waals surface area contributed by atoms with Crippen molar-refractivity contribution in [3.05, 3.63) is 23.2 Å². The number of Topliss-reactive ketones (excluding diaryl/α,β-unsaturated/α-hetero) is 1. The van der Waals surface area contributed by atoms with E-state index >= 15 is 0 Å². The van der Waals surface area contributed by atoms with Crippen molar-refractivity contribution in [1.29, 1.82) is 0 Å². The molecular weight excluding hydrogens is 243 g/mol. The first-order valence-electron chi connectivity index (χ1n) is 3.43. The van der Waals surface area contributed by atoms with E-state index in [1.165, 1.54) is 6.92 Å². The normalized spacial score (nSPS) is 10.2. The Hall–Kier alpha value is -0.280. The highest BCUT2D eigenvalue weighted by Gasteiger charge is 2.11. The van der Waals surface area contributed by atoms with Crippen molar-refractivity contribution >= 4 is 33.3 Å². The molecule has 0 unspecified atom stereocenters. The largest absolute Gasteiger partial charge is 0.457 e. The van der Waals surface area contributed by atoms with E-state index < -0.39 is 0 Å². The lowest BCUT2D eigenvalue weighted by molar-refractivity contribution is 0.0986. The summed E-state index contributed by atoms with van der Waals surface area (Å²) in [6.07, 6.45) is 0. The number of hydrogen-bond donors (Lipinski definition) is 0. The molecule has 2 nitrogen and oxygen atoms in total. The van der Waals surface area contributed by atoms with E-state index in [1.807, 2.05) is 0 Å². The first kappa shape index (κ1) is 9.81. The fraction of sp³-hybridized carbons (Fsp3) is 0.375. The number of halogens is 2. The molecule has 0 saturated carbocycles. The molecule has 0 atom stereocenters. The van der Waals surface area contributed by atoms with Gasteiger partial charge in [0.1, 0.15) is 5.76 Å². The topological polar surface area (TPSA) is 30.2 Å². The monoisotopic (exact) mass is 250 g/mol. The zero-order chi connectivity index (χ0) is 9.14. The zero-order valence-corrected chi connectivity index (χ0v) is 8.91. The molecule has 0 bridgehead atoms. The maximum Gasteiger partial charge on any atom is 0.194 e. The molecule has 0 saturated heterocycles. The van der Waals surface area contributed by atoms with Crippen LogP contribution in [0.4, 0.5) is 0 Å². The van der Waals surface area contributed by atoms with Gasteiger partial charge in [0.2, 0.25) is 0 Å². The van der Waals surface area contributed by atoms with Gasteiger partial charge in [-0.15, -0.1) is 11.6 Å². The van der Waals surface area contributed by atoms with E-state index in [0.717, 1.165) is 11.3 Å². The highest BCUT2D eigenvalue weighted by Crippen LogP contribution is 2.20. The van der Waals surface area contributed by atoms with E-state index in [0.29, 0.717) is 17.0 Å². The lowest BCUT2D eigenvalue weighted by Gasteiger charge is -1.90. The van der Waals surface area contributed by atoms with Crippen LogP contribution in [-0.4, -0.2) is 5.78 Å². The minimum absolute atomic E-state index is 0.0754. The van der Waals surface area contributed by atoms with Gasteiger partial charge in [0.25, 0.3) is 0 Å². The summed E-state index contributed by atoms with van der Waals surface area (Å²) in [4.78, 5) is 10.9. The van der Waals surface area contributed by atoms with Crippen molar-refractivity contribution in [2.75, 3.05) is 0 Å². The van der Waals surface area contributed by atoms with E-state index in [9.17, 15) is 4.79 Å². The molecule has 0 aromatic carbocycles. The van der Waals surface area contributed by atoms with Crippen LogP contribution in [0.2, 0.25) is 0 Å². The highest BCUT2D eigenvalue weighted by atomic mass is 79.9. The molecule has 1 rings (SSSR count). The fourth-order valence-corrected chi connectivity index (χ4v) is 1.57. The summed E-state index contributed by atoms with van der Waals surface area (Å²) in [5.74, 6) is 1.40. The van der Waals surface area contributed by atoms with E-state index in [2.05, 4.69) is 15.9 Å². The Morgan fingerprint density at radius 3 is 2.75 bits per heavy atom. The van der Waals surface area contributed by atoms with Crippen LogP contribution in [0.25, 0.3) is 0 Å². The number of alkyl halides is 2. The van der Waals surface area contributed by atoms with Gasteiger partial charge >= 0.3 is 0 Å². The van der Waals surface area contributed by atoms with Crippen LogP contribution in [0.3, 0.4) is 0 Å². The Kier molecular flexibility index (Phi) is 3.35. The van der Waals surface area contributed by atoms with Crippen LogP contribution < -0.4 is 0 Å². The summed E-state index contributed by atoms with van der Waals surface area (Å²) in [7, 11) is 0. The van der Waals surface area contributed by atoms with Crippen molar-refractivity contribution in [1.82, 2.24) is 0 Å². The van der Waals surface area contributed by atoms with Gasteiger partial charge in [-0.1, -0.05) is 15.9 Å². The quantitative estimate of drug-likeness (QED) is 0.610. The molecule has 0 aliphatic carbocycles. The van der Waals surface area contributed by atoms with Crippen LogP contribution >= 0.6 is 27.5 Å². The van der Waals surface area contributed by atoms with Gasteiger partial charge in [0.05, 0.1) is 11.2 Å². The van der Waals surface area contributed by atoms with E-state index in [1.54, 1.807) is 6.07 Å². The first-order valence-corrected chi connectivity index (χ1v) is 5.09. The maximum atomic E-state index is 10.9. The highest BCUT2D eigenvalue weighted by molar-refractivity contribution is 9.08. The number of furan rings is 1. The summed E-state index contributed by atoms with van der Waals surface area (Å²) in [5.41, 5.74) is 0.874. The van der Waals surface area contributed by atoms with Crippen LogP contribution in [0.1, 0.15) is 28.8 Å². The number of carbonyl (C=O) groups excluding carboxylic acids is 1. The van der Waals surface area contributed by atoms with Crippen molar-refractivity contribution in [2.24, 2.45) is 0 Å². The Balaban J connectivity index is 3.05. The lowest BCUT2D eigenvalue weighted by atomic mass is 10.2. The fourth-order valence-electron chi connectivity index (χ4n) is 0.866. The molecule has 0 fully saturated rings. The van der Waals surface area contributed by atoms with Crippen LogP contribution in [0.5, 0.6) is 0 Å². The molecule has 66 valence electrons. The maximum absolute atomic E-state index is 10.9. The third kappa shape index (κ3) is 1.90. The van der Waals surface area contributed by atoms with Gasteiger partial charge in [0, 0.05) is 12.5 Å². The minimum atomic E-state index is -0.0754.